The van der Waals surface area contributed by atoms with E-state index in [0.717, 1.165) is 6.42 Å². The Balaban J connectivity index is 2.81. The molecule has 1 fully saturated rings. The fourth-order valence-corrected chi connectivity index (χ4v) is 2.91. The third-order valence-electron chi connectivity index (χ3n) is 4.30. The number of rotatable bonds is 10. The minimum Gasteiger partial charge on any atom is -0.480 e. The summed E-state index contributed by atoms with van der Waals surface area (Å²) in [4.78, 5) is 48.0. The Bertz CT molecular complexity index is 581. The summed E-state index contributed by atoms with van der Waals surface area (Å²) in [6, 6.07) is -4.63. The fraction of sp³-hybridized carbons (Fsp3) is 0.750. The highest BCUT2D eigenvalue weighted by Gasteiger charge is 2.34. The summed E-state index contributed by atoms with van der Waals surface area (Å²) >= 11 is 3.83. The van der Waals surface area contributed by atoms with Gasteiger partial charge in [0.05, 0.1) is 18.2 Å². The van der Waals surface area contributed by atoms with Gasteiger partial charge in [-0.2, -0.15) is 12.6 Å². The average molecular weight is 420 g/mol. The molecule has 160 valence electrons. The lowest BCUT2D eigenvalue weighted by Gasteiger charge is -2.27. The number of amides is 3. The number of carboxylic acids is 1. The van der Waals surface area contributed by atoms with Gasteiger partial charge in [0, 0.05) is 5.75 Å². The second-order valence-corrected chi connectivity index (χ2v) is 7.05. The van der Waals surface area contributed by atoms with Crippen LogP contribution in [0.15, 0.2) is 0 Å². The molecule has 1 aliphatic rings. The number of aliphatic hydroxyl groups excluding tert-OH is 2. The van der Waals surface area contributed by atoms with Crippen LogP contribution in [-0.2, 0) is 19.2 Å². The Morgan fingerprint density at radius 2 is 1.57 bits per heavy atom. The highest BCUT2D eigenvalue weighted by molar-refractivity contribution is 7.80. The minimum atomic E-state index is -1.49. The smallest absolute Gasteiger partial charge is 0.327 e. The predicted octanol–water partition coefficient (Wildman–Crippen LogP) is -3.03. The fourth-order valence-electron chi connectivity index (χ4n) is 2.66. The van der Waals surface area contributed by atoms with Crippen LogP contribution in [0.3, 0.4) is 0 Å². The first-order valence-electron chi connectivity index (χ1n) is 8.92. The second-order valence-electron chi connectivity index (χ2n) is 6.68. The van der Waals surface area contributed by atoms with E-state index in [4.69, 9.17) is 5.11 Å². The first-order chi connectivity index (χ1) is 13.1. The summed E-state index contributed by atoms with van der Waals surface area (Å²) < 4.78 is 0. The molecule has 6 unspecified atom stereocenters. The van der Waals surface area contributed by atoms with Crippen molar-refractivity contribution in [2.45, 2.75) is 63.1 Å². The molecule has 0 saturated carbocycles. The highest BCUT2D eigenvalue weighted by atomic mass is 32.1. The quantitative estimate of drug-likeness (QED) is 0.172. The van der Waals surface area contributed by atoms with E-state index in [-0.39, 0.29) is 5.75 Å². The van der Waals surface area contributed by atoms with Gasteiger partial charge in [0.15, 0.2) is 0 Å². The van der Waals surface area contributed by atoms with Gasteiger partial charge in [-0.3, -0.25) is 14.4 Å². The molecule has 28 heavy (non-hydrogen) atoms. The third kappa shape index (κ3) is 6.93. The molecule has 1 rings (SSSR count). The molecule has 3 amide bonds. The molecular formula is C16H28N4O7S. The van der Waals surface area contributed by atoms with Crippen molar-refractivity contribution in [2.75, 3.05) is 12.3 Å². The predicted molar refractivity (Wildman–Crippen MR) is 102 cm³/mol. The zero-order valence-electron chi connectivity index (χ0n) is 15.7. The van der Waals surface area contributed by atoms with Crippen LogP contribution < -0.4 is 21.3 Å². The highest BCUT2D eigenvalue weighted by Crippen LogP contribution is 2.06. The van der Waals surface area contributed by atoms with Crippen molar-refractivity contribution in [2.24, 2.45) is 0 Å². The molecule has 11 nitrogen and oxygen atoms in total. The van der Waals surface area contributed by atoms with E-state index in [0.29, 0.717) is 13.0 Å². The number of carbonyl (C=O) groups is 4. The molecule has 0 spiro atoms. The van der Waals surface area contributed by atoms with Crippen LogP contribution in [0.4, 0.5) is 0 Å². The van der Waals surface area contributed by atoms with Crippen LogP contribution in [0.5, 0.6) is 0 Å². The number of aliphatic carboxylic acids is 1. The van der Waals surface area contributed by atoms with Crippen LogP contribution >= 0.6 is 12.6 Å². The number of thiol groups is 1. The maximum Gasteiger partial charge on any atom is 0.327 e. The molecule has 0 radical (unpaired) electrons. The van der Waals surface area contributed by atoms with Crippen LogP contribution in [0.2, 0.25) is 0 Å². The third-order valence-corrected chi connectivity index (χ3v) is 4.66. The zero-order valence-corrected chi connectivity index (χ0v) is 16.6. The van der Waals surface area contributed by atoms with Crippen LogP contribution in [0, 0.1) is 0 Å². The molecule has 0 aromatic rings. The van der Waals surface area contributed by atoms with E-state index in [1.165, 1.54) is 13.8 Å². The van der Waals surface area contributed by atoms with Gasteiger partial charge in [0.25, 0.3) is 0 Å². The number of carboxylic acid groups (broad SMARTS) is 1. The summed E-state index contributed by atoms with van der Waals surface area (Å²) in [6.45, 7) is 3.20. The molecule has 12 heteroatoms. The van der Waals surface area contributed by atoms with E-state index in [1.807, 2.05) is 0 Å². The maximum absolute atomic E-state index is 12.5. The number of aliphatic hydroxyl groups is 2. The van der Waals surface area contributed by atoms with Gasteiger partial charge >= 0.3 is 5.97 Å². The molecule has 1 heterocycles. The molecule has 7 N–H and O–H groups in total. The Hall–Kier alpha value is -1.89. The van der Waals surface area contributed by atoms with Gasteiger partial charge in [-0.1, -0.05) is 0 Å². The van der Waals surface area contributed by atoms with Crippen molar-refractivity contribution >= 4 is 36.3 Å². The topological polar surface area (TPSA) is 177 Å². The van der Waals surface area contributed by atoms with E-state index in [1.54, 1.807) is 0 Å². The summed E-state index contributed by atoms with van der Waals surface area (Å²) in [5.74, 6) is -3.80. The number of hydrogen-bond acceptors (Lipinski definition) is 8. The molecule has 1 aliphatic heterocycles. The van der Waals surface area contributed by atoms with Crippen LogP contribution in [-0.4, -0.2) is 87.7 Å². The Morgan fingerprint density at radius 1 is 1.04 bits per heavy atom. The molecule has 0 aliphatic carbocycles. The minimum absolute atomic E-state index is 0.192. The van der Waals surface area contributed by atoms with Crippen molar-refractivity contribution < 1.29 is 34.5 Å². The second kappa shape index (κ2) is 11.2. The molecule has 0 aromatic heterocycles. The zero-order chi connectivity index (χ0) is 21.4. The van der Waals surface area contributed by atoms with E-state index in [9.17, 15) is 29.4 Å². The summed E-state index contributed by atoms with van der Waals surface area (Å²) in [5, 5.41) is 38.5. The maximum atomic E-state index is 12.5. The molecular weight excluding hydrogens is 392 g/mol. The van der Waals surface area contributed by atoms with E-state index < -0.39 is 60.1 Å². The van der Waals surface area contributed by atoms with Gasteiger partial charge in [0.1, 0.15) is 18.1 Å². The Labute approximate surface area is 168 Å². The first kappa shape index (κ1) is 24.1. The van der Waals surface area contributed by atoms with Crippen molar-refractivity contribution in [3.63, 3.8) is 0 Å². The first-order valence-corrected chi connectivity index (χ1v) is 9.56. The SMILES string of the molecule is CC(O)C(NC(=O)C1CCCN1)C(=O)NC(C(=O)NC(CS)C(=O)O)C(C)O. The van der Waals surface area contributed by atoms with Crippen molar-refractivity contribution in [1.29, 1.82) is 0 Å². The van der Waals surface area contributed by atoms with Crippen LogP contribution in [0.25, 0.3) is 0 Å². The van der Waals surface area contributed by atoms with Gasteiger partial charge < -0.3 is 36.6 Å². The average Bonchev–Trinajstić information content (AvgIpc) is 3.15. The Kier molecular flexibility index (Phi) is 9.65. The van der Waals surface area contributed by atoms with Gasteiger partial charge in [-0.15, -0.1) is 0 Å². The lowest BCUT2D eigenvalue weighted by Crippen LogP contribution is -2.61. The lowest BCUT2D eigenvalue weighted by molar-refractivity contribution is -0.142. The van der Waals surface area contributed by atoms with Crippen LogP contribution in [0.1, 0.15) is 26.7 Å². The summed E-state index contributed by atoms with van der Waals surface area (Å²) in [7, 11) is 0. The van der Waals surface area contributed by atoms with Crippen molar-refractivity contribution in [3.8, 4) is 0 Å². The molecule has 0 aromatic carbocycles. The van der Waals surface area contributed by atoms with Gasteiger partial charge in [-0.25, -0.2) is 4.79 Å². The van der Waals surface area contributed by atoms with Gasteiger partial charge in [-0.05, 0) is 33.2 Å². The van der Waals surface area contributed by atoms with Crippen molar-refractivity contribution in [1.82, 2.24) is 21.3 Å². The molecule has 6 atom stereocenters. The number of hydrogen-bond donors (Lipinski definition) is 8. The van der Waals surface area contributed by atoms with E-state index >= 15 is 0 Å². The number of carbonyl (C=O) groups excluding carboxylic acids is 3. The lowest BCUT2D eigenvalue weighted by atomic mass is 10.1. The normalized spacial score (nSPS) is 21.7. The monoisotopic (exact) mass is 420 g/mol. The van der Waals surface area contributed by atoms with Crippen molar-refractivity contribution in [3.05, 3.63) is 0 Å². The summed E-state index contributed by atoms with van der Waals surface area (Å²) in [5.41, 5.74) is 0. The summed E-state index contributed by atoms with van der Waals surface area (Å²) in [6.07, 6.45) is -1.23. The van der Waals surface area contributed by atoms with Gasteiger partial charge in [0.2, 0.25) is 17.7 Å². The Morgan fingerprint density at radius 3 is 2.00 bits per heavy atom. The largest absolute Gasteiger partial charge is 0.480 e. The standard InChI is InChI=1S/C16H28N4O7S/c1-7(21)11(14(24)18-10(6-28)16(26)27)20-15(25)12(8(2)22)19-13(23)9-4-3-5-17-9/h7-12,17,21-22,28H,3-6H2,1-2H3,(H,18,24)(H,19,23)(H,20,25)(H,26,27). The van der Waals surface area contributed by atoms with E-state index in [2.05, 4.69) is 33.9 Å². The molecule has 1 saturated heterocycles. The molecule has 0 bridgehead atoms. The number of nitrogens with one attached hydrogen (secondary N) is 4.